The average Bonchev–Trinajstić information content (AvgIpc) is 2.75. The first-order valence-electron chi connectivity index (χ1n) is 5.79. The number of nitrogens with two attached hydrogens (primary N) is 1. The third kappa shape index (κ3) is 1.85. The van der Waals surface area contributed by atoms with Crippen LogP contribution >= 0.6 is 0 Å². The minimum atomic E-state index is -0.227. The summed E-state index contributed by atoms with van der Waals surface area (Å²) in [6.07, 6.45) is 2.75. The molecule has 0 amide bonds. The zero-order valence-electron chi connectivity index (χ0n) is 9.44. The molecule has 0 unspecified atom stereocenters. The van der Waals surface area contributed by atoms with Gasteiger partial charge in [-0.3, -0.25) is 4.98 Å². The van der Waals surface area contributed by atoms with Crippen molar-refractivity contribution in [3.63, 3.8) is 0 Å². The molecule has 0 aliphatic carbocycles. The van der Waals surface area contributed by atoms with E-state index < -0.39 is 0 Å². The highest BCUT2D eigenvalue weighted by molar-refractivity contribution is 5.91. The topological polar surface area (TPSA) is 42.1 Å². The summed E-state index contributed by atoms with van der Waals surface area (Å²) in [5, 5.41) is 0.863. The molecular weight excluding hydrogens is 217 g/mol. The van der Waals surface area contributed by atoms with Gasteiger partial charge in [-0.05, 0) is 30.7 Å². The van der Waals surface area contributed by atoms with Gasteiger partial charge >= 0.3 is 0 Å². The first-order valence-corrected chi connectivity index (χ1v) is 5.79. The van der Waals surface area contributed by atoms with Gasteiger partial charge < -0.3 is 10.6 Å². The highest BCUT2D eigenvalue weighted by Gasteiger charge is 2.20. The van der Waals surface area contributed by atoms with Gasteiger partial charge in [0.15, 0.2) is 0 Å². The standard InChI is InChI=1S/C13H14FN3/c14-9-1-2-12-11(7-9)13(3-5-16-12)17-6-4-10(15)8-17/h1-3,5,7,10H,4,6,8,15H2/t10-/m1/s1. The summed E-state index contributed by atoms with van der Waals surface area (Å²) in [5.74, 6) is -0.227. The van der Waals surface area contributed by atoms with Gasteiger partial charge in [-0.2, -0.15) is 0 Å². The van der Waals surface area contributed by atoms with Crippen LogP contribution in [0.3, 0.4) is 0 Å². The van der Waals surface area contributed by atoms with Gasteiger partial charge in [0, 0.05) is 36.4 Å². The van der Waals surface area contributed by atoms with Crippen molar-refractivity contribution < 1.29 is 4.39 Å². The van der Waals surface area contributed by atoms with Crippen LogP contribution in [0.5, 0.6) is 0 Å². The first-order chi connectivity index (χ1) is 8.24. The number of halogens is 1. The van der Waals surface area contributed by atoms with E-state index in [0.717, 1.165) is 36.1 Å². The molecule has 0 bridgehead atoms. The second-order valence-corrected chi connectivity index (χ2v) is 4.49. The van der Waals surface area contributed by atoms with Crippen molar-refractivity contribution in [1.29, 1.82) is 0 Å². The molecule has 4 heteroatoms. The number of nitrogens with zero attached hydrogens (tertiary/aromatic N) is 2. The molecule has 1 atom stereocenters. The summed E-state index contributed by atoms with van der Waals surface area (Å²) in [7, 11) is 0. The normalized spacial score (nSPS) is 20.1. The lowest BCUT2D eigenvalue weighted by molar-refractivity contribution is 0.629. The minimum Gasteiger partial charge on any atom is -0.369 e. The van der Waals surface area contributed by atoms with Crippen LogP contribution < -0.4 is 10.6 Å². The number of hydrogen-bond acceptors (Lipinski definition) is 3. The smallest absolute Gasteiger partial charge is 0.124 e. The predicted molar refractivity (Wildman–Crippen MR) is 66.5 cm³/mol. The number of rotatable bonds is 1. The number of benzene rings is 1. The van der Waals surface area contributed by atoms with E-state index in [1.807, 2.05) is 6.07 Å². The number of hydrogen-bond donors (Lipinski definition) is 1. The molecule has 0 saturated carbocycles. The van der Waals surface area contributed by atoms with E-state index in [0.29, 0.717) is 0 Å². The van der Waals surface area contributed by atoms with E-state index in [9.17, 15) is 4.39 Å². The number of fused-ring (bicyclic) bond motifs is 1. The number of anilines is 1. The Morgan fingerprint density at radius 1 is 1.35 bits per heavy atom. The SMILES string of the molecule is N[C@@H]1CCN(c2ccnc3ccc(F)cc23)C1. The van der Waals surface area contributed by atoms with Gasteiger partial charge in [0.05, 0.1) is 5.52 Å². The van der Waals surface area contributed by atoms with Gasteiger partial charge in [0.1, 0.15) is 5.82 Å². The average molecular weight is 231 g/mol. The summed E-state index contributed by atoms with van der Waals surface area (Å²) in [6.45, 7) is 1.76. The fourth-order valence-corrected chi connectivity index (χ4v) is 2.39. The van der Waals surface area contributed by atoms with Crippen molar-refractivity contribution in [2.75, 3.05) is 18.0 Å². The quantitative estimate of drug-likeness (QED) is 0.815. The molecule has 0 spiro atoms. The molecule has 17 heavy (non-hydrogen) atoms. The Kier molecular flexibility index (Phi) is 2.44. The lowest BCUT2D eigenvalue weighted by Gasteiger charge is -2.19. The van der Waals surface area contributed by atoms with Crippen molar-refractivity contribution in [2.24, 2.45) is 5.73 Å². The van der Waals surface area contributed by atoms with Crippen LogP contribution in [0.25, 0.3) is 10.9 Å². The Morgan fingerprint density at radius 2 is 2.24 bits per heavy atom. The van der Waals surface area contributed by atoms with Crippen molar-refractivity contribution >= 4 is 16.6 Å². The van der Waals surface area contributed by atoms with Crippen molar-refractivity contribution in [1.82, 2.24) is 4.98 Å². The van der Waals surface area contributed by atoms with Crippen molar-refractivity contribution in [2.45, 2.75) is 12.5 Å². The zero-order valence-corrected chi connectivity index (χ0v) is 9.44. The predicted octanol–water partition coefficient (Wildman–Crippen LogP) is 1.91. The third-order valence-electron chi connectivity index (χ3n) is 3.25. The van der Waals surface area contributed by atoms with Crippen LogP contribution in [0.15, 0.2) is 30.5 Å². The molecule has 2 aromatic rings. The van der Waals surface area contributed by atoms with Crippen LogP contribution in [0.2, 0.25) is 0 Å². The molecule has 2 N–H and O–H groups in total. The maximum atomic E-state index is 13.3. The molecule has 1 aromatic carbocycles. The Balaban J connectivity index is 2.12. The Labute approximate surface area is 99.1 Å². The van der Waals surface area contributed by atoms with Crippen molar-refractivity contribution in [3.05, 3.63) is 36.3 Å². The first kappa shape index (κ1) is 10.5. The van der Waals surface area contributed by atoms with Crippen molar-refractivity contribution in [3.8, 4) is 0 Å². The monoisotopic (exact) mass is 231 g/mol. The molecule has 3 nitrogen and oxygen atoms in total. The third-order valence-corrected chi connectivity index (χ3v) is 3.25. The highest BCUT2D eigenvalue weighted by atomic mass is 19.1. The highest BCUT2D eigenvalue weighted by Crippen LogP contribution is 2.28. The van der Waals surface area contributed by atoms with Gasteiger partial charge in [-0.1, -0.05) is 0 Å². The van der Waals surface area contributed by atoms with Gasteiger partial charge in [-0.25, -0.2) is 4.39 Å². The van der Waals surface area contributed by atoms with E-state index >= 15 is 0 Å². The Bertz CT molecular complexity index is 555. The molecular formula is C13H14FN3. The zero-order chi connectivity index (χ0) is 11.8. The fourth-order valence-electron chi connectivity index (χ4n) is 2.39. The number of pyridine rings is 1. The summed E-state index contributed by atoms with van der Waals surface area (Å²) in [5.41, 5.74) is 7.76. The summed E-state index contributed by atoms with van der Waals surface area (Å²) in [6, 6.07) is 6.84. The van der Waals surface area contributed by atoms with Crippen LogP contribution in [0, 0.1) is 5.82 Å². The molecule has 1 aliphatic rings. The lowest BCUT2D eigenvalue weighted by atomic mass is 10.1. The molecule has 3 rings (SSSR count). The Hall–Kier alpha value is -1.68. The minimum absolute atomic E-state index is 0.215. The van der Waals surface area contributed by atoms with E-state index in [2.05, 4.69) is 9.88 Å². The molecule has 0 radical (unpaired) electrons. The van der Waals surface area contributed by atoms with E-state index in [4.69, 9.17) is 5.73 Å². The summed E-state index contributed by atoms with van der Waals surface area (Å²) >= 11 is 0. The van der Waals surface area contributed by atoms with Crippen LogP contribution in [0.1, 0.15) is 6.42 Å². The number of aromatic nitrogens is 1. The molecule has 1 aliphatic heterocycles. The summed E-state index contributed by atoms with van der Waals surface area (Å²) in [4.78, 5) is 6.45. The molecule has 1 saturated heterocycles. The van der Waals surface area contributed by atoms with Crippen LogP contribution in [0.4, 0.5) is 10.1 Å². The van der Waals surface area contributed by atoms with E-state index in [1.165, 1.54) is 6.07 Å². The maximum absolute atomic E-state index is 13.3. The fraction of sp³-hybridized carbons (Fsp3) is 0.308. The molecule has 88 valence electrons. The summed E-state index contributed by atoms with van der Waals surface area (Å²) < 4.78 is 13.3. The van der Waals surface area contributed by atoms with Gasteiger partial charge in [0.2, 0.25) is 0 Å². The van der Waals surface area contributed by atoms with Gasteiger partial charge in [-0.15, -0.1) is 0 Å². The van der Waals surface area contributed by atoms with E-state index in [1.54, 1.807) is 18.3 Å². The molecule has 2 heterocycles. The second-order valence-electron chi connectivity index (χ2n) is 4.49. The largest absolute Gasteiger partial charge is 0.369 e. The maximum Gasteiger partial charge on any atom is 0.124 e. The lowest BCUT2D eigenvalue weighted by Crippen LogP contribution is -2.26. The Morgan fingerprint density at radius 3 is 3.00 bits per heavy atom. The van der Waals surface area contributed by atoms with E-state index in [-0.39, 0.29) is 11.9 Å². The molecule has 1 aromatic heterocycles. The second kappa shape index (κ2) is 3.96. The molecule has 1 fully saturated rings. The van der Waals surface area contributed by atoms with Gasteiger partial charge in [0.25, 0.3) is 0 Å². The van der Waals surface area contributed by atoms with Crippen LogP contribution in [-0.2, 0) is 0 Å². The van der Waals surface area contributed by atoms with Crippen LogP contribution in [-0.4, -0.2) is 24.1 Å².